The average Bonchev–Trinajstić information content (AvgIpc) is 3.18. The van der Waals surface area contributed by atoms with Crippen molar-refractivity contribution in [3.05, 3.63) is 36.3 Å². The van der Waals surface area contributed by atoms with Crippen molar-refractivity contribution in [3.63, 3.8) is 0 Å². The summed E-state index contributed by atoms with van der Waals surface area (Å²) in [6.45, 7) is 0. The molecular formula is C23H33N3O2S. The molecule has 29 heavy (non-hydrogen) atoms. The third-order valence-corrected chi connectivity index (χ3v) is 8.14. The Bertz CT molecular complexity index is 921. The number of H-pyrrole nitrogens is 1. The fourth-order valence-corrected chi connectivity index (χ4v) is 6.11. The largest absolute Gasteiger partial charge is 0.342 e. The molecule has 2 aliphatic rings. The van der Waals surface area contributed by atoms with Gasteiger partial charge < -0.3 is 10.7 Å². The first kappa shape index (κ1) is 20.6. The van der Waals surface area contributed by atoms with Gasteiger partial charge in [0.15, 0.2) is 9.84 Å². The SMILES string of the molecule is CS(=O)(=O)c1ccc(-c2cnc([C@@H](C3CCCCC3)C3(N)CCCCC3)[nH]2)cc1. The maximum absolute atomic E-state index is 11.7. The molecule has 1 aromatic carbocycles. The molecule has 4 rings (SSSR count). The zero-order valence-electron chi connectivity index (χ0n) is 17.4. The Kier molecular flexibility index (Phi) is 5.85. The predicted octanol–water partition coefficient (Wildman–Crippen LogP) is 4.81. The van der Waals surface area contributed by atoms with E-state index in [0.717, 1.165) is 29.9 Å². The highest BCUT2D eigenvalue weighted by Crippen LogP contribution is 2.46. The number of hydrogen-bond acceptors (Lipinski definition) is 4. The first-order valence-electron chi connectivity index (χ1n) is 11.0. The Balaban J connectivity index is 1.65. The number of nitrogens with one attached hydrogen (secondary N) is 1. The van der Waals surface area contributed by atoms with Crippen LogP contribution in [0.1, 0.15) is 76.0 Å². The van der Waals surface area contributed by atoms with Gasteiger partial charge in [-0.05, 0) is 49.3 Å². The van der Waals surface area contributed by atoms with E-state index in [1.165, 1.54) is 57.6 Å². The molecule has 1 heterocycles. The zero-order chi connectivity index (χ0) is 20.5. The lowest BCUT2D eigenvalue weighted by atomic mass is 9.65. The maximum Gasteiger partial charge on any atom is 0.175 e. The highest BCUT2D eigenvalue weighted by molar-refractivity contribution is 7.90. The highest BCUT2D eigenvalue weighted by Gasteiger charge is 2.43. The van der Waals surface area contributed by atoms with E-state index in [4.69, 9.17) is 10.7 Å². The van der Waals surface area contributed by atoms with Gasteiger partial charge in [0.05, 0.1) is 16.8 Å². The Morgan fingerprint density at radius 2 is 1.66 bits per heavy atom. The summed E-state index contributed by atoms with van der Waals surface area (Å²) < 4.78 is 23.5. The van der Waals surface area contributed by atoms with E-state index in [2.05, 4.69) is 4.98 Å². The fourth-order valence-electron chi connectivity index (χ4n) is 5.48. The molecule has 5 nitrogen and oxygen atoms in total. The molecule has 2 saturated carbocycles. The summed E-state index contributed by atoms with van der Waals surface area (Å²) in [6.07, 6.45) is 15.4. The van der Waals surface area contributed by atoms with Crippen LogP contribution < -0.4 is 5.73 Å². The number of aromatic amines is 1. The van der Waals surface area contributed by atoms with Crippen molar-refractivity contribution in [2.45, 2.75) is 80.6 Å². The Morgan fingerprint density at radius 3 is 2.28 bits per heavy atom. The van der Waals surface area contributed by atoms with Gasteiger partial charge in [0.1, 0.15) is 5.82 Å². The number of nitrogens with zero attached hydrogens (tertiary/aromatic N) is 1. The molecule has 0 radical (unpaired) electrons. The second-order valence-corrected chi connectivity index (χ2v) is 11.2. The van der Waals surface area contributed by atoms with Crippen molar-refractivity contribution in [3.8, 4) is 11.3 Å². The van der Waals surface area contributed by atoms with Gasteiger partial charge in [-0.25, -0.2) is 13.4 Å². The molecule has 0 amide bonds. The molecule has 2 aliphatic carbocycles. The smallest absolute Gasteiger partial charge is 0.175 e. The molecule has 0 spiro atoms. The van der Waals surface area contributed by atoms with E-state index >= 15 is 0 Å². The van der Waals surface area contributed by atoms with Crippen molar-refractivity contribution < 1.29 is 8.42 Å². The minimum absolute atomic E-state index is 0.171. The van der Waals surface area contributed by atoms with Crippen LogP contribution in [0.25, 0.3) is 11.3 Å². The first-order chi connectivity index (χ1) is 13.9. The Morgan fingerprint density at radius 1 is 1.03 bits per heavy atom. The lowest BCUT2D eigenvalue weighted by molar-refractivity contribution is 0.162. The van der Waals surface area contributed by atoms with E-state index in [-0.39, 0.29) is 11.5 Å². The van der Waals surface area contributed by atoms with Crippen LogP contribution in [0.3, 0.4) is 0 Å². The number of rotatable bonds is 5. The number of aromatic nitrogens is 2. The van der Waals surface area contributed by atoms with E-state index in [9.17, 15) is 8.42 Å². The van der Waals surface area contributed by atoms with Crippen molar-refractivity contribution in [1.82, 2.24) is 9.97 Å². The molecule has 1 atom stereocenters. The molecular weight excluding hydrogens is 382 g/mol. The molecule has 0 unspecified atom stereocenters. The van der Waals surface area contributed by atoms with Crippen molar-refractivity contribution in [2.24, 2.45) is 11.7 Å². The minimum Gasteiger partial charge on any atom is -0.342 e. The van der Waals surface area contributed by atoms with Gasteiger partial charge in [0.2, 0.25) is 0 Å². The zero-order valence-corrected chi connectivity index (χ0v) is 18.2. The summed E-state index contributed by atoms with van der Waals surface area (Å²) in [6, 6.07) is 7.02. The van der Waals surface area contributed by atoms with Gasteiger partial charge in [-0.2, -0.15) is 0 Å². The van der Waals surface area contributed by atoms with Crippen molar-refractivity contribution in [2.75, 3.05) is 6.26 Å². The summed E-state index contributed by atoms with van der Waals surface area (Å²) in [5.41, 5.74) is 8.77. The molecule has 0 bridgehead atoms. The van der Waals surface area contributed by atoms with E-state index in [1.807, 2.05) is 18.3 Å². The average molecular weight is 416 g/mol. The van der Waals surface area contributed by atoms with Gasteiger partial charge in [0.25, 0.3) is 0 Å². The number of benzene rings is 1. The summed E-state index contributed by atoms with van der Waals surface area (Å²) >= 11 is 0. The molecule has 0 saturated heterocycles. The lowest BCUT2D eigenvalue weighted by Crippen LogP contribution is -2.50. The summed E-state index contributed by atoms with van der Waals surface area (Å²) in [5.74, 6) is 1.88. The lowest BCUT2D eigenvalue weighted by Gasteiger charge is -2.44. The van der Waals surface area contributed by atoms with Crippen LogP contribution in [0.4, 0.5) is 0 Å². The molecule has 2 fully saturated rings. The Hall–Kier alpha value is -1.66. The maximum atomic E-state index is 11.7. The van der Waals surface area contributed by atoms with Crippen LogP contribution in [0.2, 0.25) is 0 Å². The van der Waals surface area contributed by atoms with Crippen molar-refractivity contribution in [1.29, 1.82) is 0 Å². The molecule has 6 heteroatoms. The van der Waals surface area contributed by atoms with Crippen LogP contribution in [0.5, 0.6) is 0 Å². The quantitative estimate of drug-likeness (QED) is 0.734. The van der Waals surface area contributed by atoms with Crippen molar-refractivity contribution >= 4 is 9.84 Å². The van der Waals surface area contributed by atoms with Crippen LogP contribution in [-0.4, -0.2) is 30.2 Å². The van der Waals surface area contributed by atoms with Crippen LogP contribution in [0, 0.1) is 5.92 Å². The van der Waals surface area contributed by atoms with E-state index in [0.29, 0.717) is 10.8 Å². The second-order valence-electron chi connectivity index (χ2n) is 9.15. The Labute approximate surface area is 174 Å². The summed E-state index contributed by atoms with van der Waals surface area (Å²) in [7, 11) is -3.19. The number of sulfone groups is 1. The normalized spacial score (nSPS) is 21.7. The number of nitrogens with two attached hydrogens (primary N) is 1. The molecule has 2 aromatic rings. The minimum atomic E-state index is -3.19. The third-order valence-electron chi connectivity index (χ3n) is 7.01. The van der Waals surface area contributed by atoms with E-state index < -0.39 is 9.84 Å². The van der Waals surface area contributed by atoms with Gasteiger partial charge in [-0.1, -0.05) is 50.7 Å². The summed E-state index contributed by atoms with van der Waals surface area (Å²) in [4.78, 5) is 8.71. The topological polar surface area (TPSA) is 88.8 Å². The van der Waals surface area contributed by atoms with Crippen LogP contribution in [-0.2, 0) is 9.84 Å². The van der Waals surface area contributed by atoms with Gasteiger partial charge in [0, 0.05) is 17.7 Å². The monoisotopic (exact) mass is 415 g/mol. The number of hydrogen-bond donors (Lipinski definition) is 2. The van der Waals surface area contributed by atoms with Gasteiger partial charge >= 0.3 is 0 Å². The third kappa shape index (κ3) is 4.43. The standard InChI is InChI=1S/C23H33N3O2S/c1-29(27,28)19-12-10-17(11-13-19)20-16-25-22(26-20)21(18-8-4-2-5-9-18)23(24)14-6-3-7-15-23/h10-13,16,18,21H,2-9,14-15,24H2,1H3,(H,25,26)/t21-/m1/s1. The van der Waals surface area contributed by atoms with Gasteiger partial charge in [-0.15, -0.1) is 0 Å². The second kappa shape index (κ2) is 8.23. The number of imidazole rings is 1. The first-order valence-corrected chi connectivity index (χ1v) is 12.9. The van der Waals surface area contributed by atoms with Crippen LogP contribution in [0.15, 0.2) is 35.4 Å². The molecule has 0 aliphatic heterocycles. The molecule has 1 aromatic heterocycles. The van der Waals surface area contributed by atoms with E-state index in [1.54, 1.807) is 12.1 Å². The molecule has 158 valence electrons. The fraction of sp³-hybridized carbons (Fsp3) is 0.609. The predicted molar refractivity (Wildman–Crippen MR) is 116 cm³/mol. The van der Waals surface area contributed by atoms with Crippen LogP contribution >= 0.6 is 0 Å². The summed E-state index contributed by atoms with van der Waals surface area (Å²) in [5, 5.41) is 0. The molecule has 3 N–H and O–H groups in total. The highest BCUT2D eigenvalue weighted by atomic mass is 32.2. The van der Waals surface area contributed by atoms with Gasteiger partial charge in [-0.3, -0.25) is 0 Å².